The van der Waals surface area contributed by atoms with E-state index >= 15 is 0 Å². The highest BCUT2D eigenvalue weighted by molar-refractivity contribution is 4.96. The van der Waals surface area contributed by atoms with E-state index in [9.17, 15) is 0 Å². The lowest BCUT2D eigenvalue weighted by Gasteiger charge is -2.26. The van der Waals surface area contributed by atoms with Crippen LogP contribution in [0.2, 0.25) is 0 Å². The number of hydrogen-bond acceptors (Lipinski definition) is 2. The first kappa shape index (κ1) is 10.4. The summed E-state index contributed by atoms with van der Waals surface area (Å²) < 4.78 is 0. The number of likely N-dealkylation sites (tertiary alicyclic amines) is 1. The van der Waals surface area contributed by atoms with Gasteiger partial charge in [0.1, 0.15) is 0 Å². The van der Waals surface area contributed by atoms with E-state index in [1.807, 2.05) is 0 Å². The maximum atomic E-state index is 5.77. The number of nitrogens with two attached hydrogens (primary N) is 1. The van der Waals surface area contributed by atoms with Crippen LogP contribution < -0.4 is 5.73 Å². The Balaban J connectivity index is 1.94. The van der Waals surface area contributed by atoms with Crippen molar-refractivity contribution in [2.45, 2.75) is 45.6 Å². The quantitative estimate of drug-likeness (QED) is 0.730. The minimum Gasteiger partial charge on any atom is -0.330 e. The SMILES string of the molecule is CC(C)N1CC[C@@]2(CC[C@@H](CN)C2)C1. The molecule has 0 aromatic rings. The Kier molecular flexibility index (Phi) is 2.85. The van der Waals surface area contributed by atoms with Crippen molar-refractivity contribution in [3.8, 4) is 0 Å². The van der Waals surface area contributed by atoms with E-state index in [1.165, 1.54) is 38.8 Å². The Bertz CT molecular complexity index is 202. The number of rotatable bonds is 2. The second-order valence-electron chi connectivity index (χ2n) is 5.66. The van der Waals surface area contributed by atoms with Crippen LogP contribution in [0.4, 0.5) is 0 Å². The monoisotopic (exact) mass is 196 g/mol. The third kappa shape index (κ3) is 1.82. The van der Waals surface area contributed by atoms with Gasteiger partial charge in [0.25, 0.3) is 0 Å². The molecule has 2 fully saturated rings. The van der Waals surface area contributed by atoms with E-state index in [4.69, 9.17) is 5.73 Å². The van der Waals surface area contributed by atoms with Gasteiger partial charge in [-0.15, -0.1) is 0 Å². The zero-order chi connectivity index (χ0) is 10.2. The van der Waals surface area contributed by atoms with Crippen molar-refractivity contribution in [3.05, 3.63) is 0 Å². The molecule has 2 nitrogen and oxygen atoms in total. The lowest BCUT2D eigenvalue weighted by molar-refractivity contribution is 0.221. The molecule has 0 amide bonds. The normalized spacial score (nSPS) is 39.0. The van der Waals surface area contributed by atoms with Crippen molar-refractivity contribution in [3.63, 3.8) is 0 Å². The molecule has 1 saturated carbocycles. The summed E-state index contributed by atoms with van der Waals surface area (Å²) in [5.41, 5.74) is 6.43. The third-order valence-electron chi connectivity index (χ3n) is 4.34. The fraction of sp³-hybridized carbons (Fsp3) is 1.00. The van der Waals surface area contributed by atoms with Crippen molar-refractivity contribution in [2.75, 3.05) is 19.6 Å². The molecule has 0 aromatic carbocycles. The molecule has 0 unspecified atom stereocenters. The second-order valence-corrected chi connectivity index (χ2v) is 5.66. The van der Waals surface area contributed by atoms with Gasteiger partial charge in [-0.3, -0.25) is 0 Å². The van der Waals surface area contributed by atoms with Crippen LogP contribution in [0.1, 0.15) is 39.5 Å². The van der Waals surface area contributed by atoms with Crippen molar-refractivity contribution < 1.29 is 0 Å². The van der Waals surface area contributed by atoms with Gasteiger partial charge in [-0.1, -0.05) is 0 Å². The molecular weight excluding hydrogens is 172 g/mol. The maximum Gasteiger partial charge on any atom is 0.00413 e. The van der Waals surface area contributed by atoms with Gasteiger partial charge < -0.3 is 10.6 Å². The van der Waals surface area contributed by atoms with Crippen LogP contribution in [0, 0.1) is 11.3 Å². The molecule has 2 heteroatoms. The largest absolute Gasteiger partial charge is 0.330 e. The zero-order valence-corrected chi connectivity index (χ0v) is 9.63. The average Bonchev–Trinajstić information content (AvgIpc) is 2.74. The molecule has 2 N–H and O–H groups in total. The standard InChI is InChI=1S/C12H24N2/c1-10(2)14-6-5-12(9-14)4-3-11(7-12)8-13/h10-11H,3-9,13H2,1-2H3/t11-,12-/m1/s1. The minimum atomic E-state index is 0.661. The number of nitrogens with zero attached hydrogens (tertiary/aromatic N) is 1. The summed E-state index contributed by atoms with van der Waals surface area (Å²) in [6, 6.07) is 0.728. The lowest BCUT2D eigenvalue weighted by Crippen LogP contribution is -2.31. The smallest absolute Gasteiger partial charge is 0.00413 e. The molecule has 1 aliphatic carbocycles. The highest BCUT2D eigenvalue weighted by Gasteiger charge is 2.43. The first-order valence-electron chi connectivity index (χ1n) is 6.09. The van der Waals surface area contributed by atoms with Crippen molar-refractivity contribution in [2.24, 2.45) is 17.1 Å². The summed E-state index contributed by atoms with van der Waals surface area (Å²) in [7, 11) is 0. The van der Waals surface area contributed by atoms with Gasteiger partial charge in [-0.2, -0.15) is 0 Å². The number of hydrogen-bond donors (Lipinski definition) is 1. The highest BCUT2D eigenvalue weighted by atomic mass is 15.2. The van der Waals surface area contributed by atoms with Gasteiger partial charge in [0, 0.05) is 12.6 Å². The summed E-state index contributed by atoms with van der Waals surface area (Å²) >= 11 is 0. The van der Waals surface area contributed by atoms with Crippen LogP contribution in [-0.2, 0) is 0 Å². The van der Waals surface area contributed by atoms with E-state index in [-0.39, 0.29) is 0 Å². The summed E-state index contributed by atoms with van der Waals surface area (Å²) in [5.74, 6) is 0.821. The molecular formula is C12H24N2. The molecule has 14 heavy (non-hydrogen) atoms. The van der Waals surface area contributed by atoms with E-state index < -0.39 is 0 Å². The topological polar surface area (TPSA) is 29.3 Å². The fourth-order valence-corrected chi connectivity index (χ4v) is 3.31. The Labute approximate surface area is 87.8 Å². The lowest BCUT2D eigenvalue weighted by atomic mass is 9.84. The van der Waals surface area contributed by atoms with Crippen LogP contribution in [0.3, 0.4) is 0 Å². The van der Waals surface area contributed by atoms with Gasteiger partial charge in [0.2, 0.25) is 0 Å². The Morgan fingerprint density at radius 3 is 2.71 bits per heavy atom. The molecule has 1 spiro atoms. The Morgan fingerprint density at radius 1 is 1.43 bits per heavy atom. The van der Waals surface area contributed by atoms with Crippen LogP contribution in [0.25, 0.3) is 0 Å². The molecule has 1 aliphatic heterocycles. The van der Waals surface area contributed by atoms with Crippen molar-refractivity contribution in [1.29, 1.82) is 0 Å². The van der Waals surface area contributed by atoms with E-state index in [0.29, 0.717) is 5.41 Å². The summed E-state index contributed by atoms with van der Waals surface area (Å²) in [6.45, 7) is 8.18. The molecule has 0 aromatic heterocycles. The molecule has 82 valence electrons. The molecule has 0 radical (unpaired) electrons. The van der Waals surface area contributed by atoms with Crippen molar-refractivity contribution in [1.82, 2.24) is 4.90 Å². The van der Waals surface area contributed by atoms with E-state index in [2.05, 4.69) is 18.7 Å². The molecule has 2 aliphatic rings. The third-order valence-corrected chi connectivity index (χ3v) is 4.34. The van der Waals surface area contributed by atoms with Crippen LogP contribution in [0.15, 0.2) is 0 Å². The first-order chi connectivity index (χ1) is 6.65. The second kappa shape index (κ2) is 3.82. The predicted octanol–water partition coefficient (Wildman–Crippen LogP) is 1.85. The average molecular weight is 196 g/mol. The van der Waals surface area contributed by atoms with Gasteiger partial charge in [0.05, 0.1) is 0 Å². The highest BCUT2D eigenvalue weighted by Crippen LogP contribution is 2.48. The van der Waals surface area contributed by atoms with Crippen LogP contribution >= 0.6 is 0 Å². The van der Waals surface area contributed by atoms with Crippen LogP contribution in [-0.4, -0.2) is 30.6 Å². The maximum absolute atomic E-state index is 5.77. The van der Waals surface area contributed by atoms with Gasteiger partial charge in [0.15, 0.2) is 0 Å². The van der Waals surface area contributed by atoms with Crippen molar-refractivity contribution >= 4 is 0 Å². The summed E-state index contributed by atoms with van der Waals surface area (Å²) in [5, 5.41) is 0. The molecule has 2 atom stereocenters. The predicted molar refractivity (Wildman–Crippen MR) is 60.2 cm³/mol. The summed E-state index contributed by atoms with van der Waals surface area (Å²) in [4.78, 5) is 2.64. The van der Waals surface area contributed by atoms with Gasteiger partial charge in [-0.05, 0) is 64.0 Å². The van der Waals surface area contributed by atoms with E-state index in [1.54, 1.807) is 0 Å². The minimum absolute atomic E-state index is 0.661. The molecule has 0 bridgehead atoms. The molecule has 1 heterocycles. The first-order valence-corrected chi connectivity index (χ1v) is 6.09. The van der Waals surface area contributed by atoms with Crippen LogP contribution in [0.5, 0.6) is 0 Å². The Hall–Kier alpha value is -0.0800. The van der Waals surface area contributed by atoms with Gasteiger partial charge >= 0.3 is 0 Å². The fourth-order valence-electron chi connectivity index (χ4n) is 3.31. The summed E-state index contributed by atoms with van der Waals surface area (Å²) in [6.07, 6.45) is 5.62. The zero-order valence-electron chi connectivity index (χ0n) is 9.63. The Morgan fingerprint density at radius 2 is 2.21 bits per heavy atom. The van der Waals surface area contributed by atoms with Gasteiger partial charge in [-0.25, -0.2) is 0 Å². The van der Waals surface area contributed by atoms with E-state index in [0.717, 1.165) is 18.5 Å². The molecule has 2 rings (SSSR count). The molecule has 1 saturated heterocycles.